The van der Waals surface area contributed by atoms with E-state index < -0.39 is 11.9 Å². The zero-order valence-electron chi connectivity index (χ0n) is 12.8. The number of hydrogen-bond donors (Lipinski definition) is 1. The normalized spacial score (nSPS) is 19.5. The first-order chi connectivity index (χ1) is 10.6. The monoisotopic (exact) mass is 310 g/mol. The van der Waals surface area contributed by atoms with Gasteiger partial charge in [-0.25, -0.2) is 4.39 Å². The van der Waals surface area contributed by atoms with Crippen molar-refractivity contribution in [1.29, 1.82) is 0 Å². The van der Waals surface area contributed by atoms with Crippen LogP contribution in [0.4, 0.5) is 4.39 Å². The number of primary amides is 1. The Bertz CT molecular complexity index is 492. The number of benzene rings is 1. The number of amides is 1. The molecule has 1 aromatic rings. The predicted octanol–water partition coefficient (Wildman–Crippen LogP) is 1.48. The molecule has 1 heterocycles. The quantitative estimate of drug-likeness (QED) is 0.739. The van der Waals surface area contributed by atoms with E-state index >= 15 is 0 Å². The first-order valence-electron chi connectivity index (χ1n) is 7.52. The van der Waals surface area contributed by atoms with Crippen LogP contribution in [0.5, 0.6) is 0 Å². The maximum Gasteiger partial charge on any atom is 0.239 e. The Morgan fingerprint density at radius 3 is 3.05 bits per heavy atom. The summed E-state index contributed by atoms with van der Waals surface area (Å²) in [7, 11) is 1.77. The molecule has 5 nitrogen and oxygen atoms in total. The van der Waals surface area contributed by atoms with Crippen molar-refractivity contribution in [1.82, 2.24) is 4.90 Å². The number of hydrogen-bond acceptors (Lipinski definition) is 4. The molecule has 0 saturated carbocycles. The number of halogens is 1. The van der Waals surface area contributed by atoms with Gasteiger partial charge in [-0.05, 0) is 37.6 Å². The largest absolute Gasteiger partial charge is 0.377 e. The van der Waals surface area contributed by atoms with Crippen molar-refractivity contribution < 1.29 is 18.7 Å². The average Bonchev–Trinajstić information content (AvgIpc) is 2.97. The Hall–Kier alpha value is -1.50. The molecule has 0 unspecified atom stereocenters. The van der Waals surface area contributed by atoms with E-state index in [1.807, 2.05) is 0 Å². The first-order valence-corrected chi connectivity index (χ1v) is 7.52. The lowest BCUT2D eigenvalue weighted by Gasteiger charge is -2.26. The molecule has 1 fully saturated rings. The Kier molecular flexibility index (Phi) is 6.30. The summed E-state index contributed by atoms with van der Waals surface area (Å²) in [5, 5.41) is 0. The molecule has 0 aromatic heterocycles. The summed E-state index contributed by atoms with van der Waals surface area (Å²) in [5.41, 5.74) is 6.01. The Morgan fingerprint density at radius 1 is 1.59 bits per heavy atom. The number of likely N-dealkylation sites (N-methyl/N-ethyl adjacent to an activating group) is 1. The SMILES string of the molecule is CN(CCOC[C@H]1CCCO1)[C@H](C(N)=O)c1cccc(F)c1. The third-order valence-electron chi connectivity index (χ3n) is 3.79. The van der Waals surface area contributed by atoms with Gasteiger partial charge in [-0.2, -0.15) is 0 Å². The lowest BCUT2D eigenvalue weighted by molar-refractivity contribution is -0.123. The number of nitrogens with two attached hydrogens (primary N) is 1. The van der Waals surface area contributed by atoms with E-state index in [9.17, 15) is 9.18 Å². The minimum Gasteiger partial charge on any atom is -0.377 e. The second-order valence-corrected chi connectivity index (χ2v) is 5.55. The standard InChI is InChI=1S/C16H23FN2O3/c1-19(7-9-21-11-14-6-3-8-22-14)15(16(18)20)12-4-2-5-13(17)10-12/h2,4-5,10,14-15H,3,6-9,11H2,1H3,(H2,18,20)/t14-,15+/m1/s1. The van der Waals surface area contributed by atoms with Crippen molar-refractivity contribution in [3.8, 4) is 0 Å². The van der Waals surface area contributed by atoms with E-state index in [-0.39, 0.29) is 11.9 Å². The minimum atomic E-state index is -0.665. The molecule has 2 N–H and O–H groups in total. The summed E-state index contributed by atoms with van der Waals surface area (Å²) < 4.78 is 24.4. The van der Waals surface area contributed by atoms with Gasteiger partial charge in [0.05, 0.1) is 19.3 Å². The van der Waals surface area contributed by atoms with Gasteiger partial charge in [0.2, 0.25) is 5.91 Å². The van der Waals surface area contributed by atoms with E-state index in [0.29, 0.717) is 25.3 Å². The number of nitrogens with zero attached hydrogens (tertiary/aromatic N) is 1. The third kappa shape index (κ3) is 4.76. The van der Waals surface area contributed by atoms with Gasteiger partial charge in [-0.1, -0.05) is 12.1 Å². The Balaban J connectivity index is 1.84. The van der Waals surface area contributed by atoms with E-state index in [1.165, 1.54) is 12.1 Å². The molecule has 0 spiro atoms. The van der Waals surface area contributed by atoms with Crippen molar-refractivity contribution >= 4 is 5.91 Å². The first kappa shape index (κ1) is 16.9. The molecule has 0 aliphatic carbocycles. The van der Waals surface area contributed by atoms with E-state index in [4.69, 9.17) is 15.2 Å². The second kappa shape index (κ2) is 8.22. The van der Waals surface area contributed by atoms with Gasteiger partial charge in [0, 0.05) is 13.2 Å². The molecule has 1 saturated heterocycles. The highest BCUT2D eigenvalue weighted by Gasteiger charge is 2.23. The highest BCUT2D eigenvalue weighted by molar-refractivity contribution is 5.81. The van der Waals surface area contributed by atoms with Crippen LogP contribution in [0.1, 0.15) is 24.4 Å². The summed E-state index contributed by atoms with van der Waals surface area (Å²) in [6, 6.07) is 5.28. The highest BCUT2D eigenvalue weighted by atomic mass is 19.1. The average molecular weight is 310 g/mol. The molecule has 1 aliphatic rings. The van der Waals surface area contributed by atoms with Gasteiger partial charge in [0.1, 0.15) is 11.9 Å². The van der Waals surface area contributed by atoms with Crippen LogP contribution in [-0.4, -0.2) is 50.3 Å². The number of ether oxygens (including phenoxy) is 2. The second-order valence-electron chi connectivity index (χ2n) is 5.55. The van der Waals surface area contributed by atoms with E-state index in [1.54, 1.807) is 24.1 Å². The van der Waals surface area contributed by atoms with E-state index in [2.05, 4.69) is 0 Å². The maximum atomic E-state index is 13.3. The number of rotatable bonds is 8. The van der Waals surface area contributed by atoms with Crippen molar-refractivity contribution in [2.45, 2.75) is 25.0 Å². The lowest BCUT2D eigenvalue weighted by atomic mass is 10.1. The summed E-state index contributed by atoms with van der Waals surface area (Å²) in [6.45, 7) is 2.36. The van der Waals surface area contributed by atoms with Crippen molar-refractivity contribution in [2.75, 3.05) is 33.4 Å². The fraction of sp³-hybridized carbons (Fsp3) is 0.562. The van der Waals surface area contributed by atoms with Gasteiger partial charge >= 0.3 is 0 Å². The fourth-order valence-corrected chi connectivity index (χ4v) is 2.64. The molecule has 1 amide bonds. The molecule has 2 atom stereocenters. The lowest BCUT2D eigenvalue weighted by Crippen LogP contribution is -2.37. The van der Waals surface area contributed by atoms with Gasteiger partial charge in [0.15, 0.2) is 0 Å². The van der Waals surface area contributed by atoms with E-state index in [0.717, 1.165) is 19.4 Å². The van der Waals surface area contributed by atoms with Crippen molar-refractivity contribution in [3.63, 3.8) is 0 Å². The van der Waals surface area contributed by atoms with Crippen molar-refractivity contribution in [2.24, 2.45) is 5.73 Å². The summed E-state index contributed by atoms with van der Waals surface area (Å²) in [5.74, 6) is -0.890. The molecule has 122 valence electrons. The number of carbonyl (C=O) groups excluding carboxylic acids is 1. The molecule has 0 bridgehead atoms. The molecule has 2 rings (SSSR count). The molecule has 1 aliphatic heterocycles. The summed E-state index contributed by atoms with van der Waals surface area (Å²) >= 11 is 0. The zero-order chi connectivity index (χ0) is 15.9. The van der Waals surface area contributed by atoms with Crippen LogP contribution >= 0.6 is 0 Å². The fourth-order valence-electron chi connectivity index (χ4n) is 2.64. The zero-order valence-corrected chi connectivity index (χ0v) is 12.8. The van der Waals surface area contributed by atoms with Gasteiger partial charge in [0.25, 0.3) is 0 Å². The van der Waals surface area contributed by atoms with Crippen LogP contribution in [0, 0.1) is 5.82 Å². The minimum absolute atomic E-state index is 0.181. The molecule has 1 aromatic carbocycles. The Morgan fingerprint density at radius 2 is 2.41 bits per heavy atom. The third-order valence-corrected chi connectivity index (χ3v) is 3.79. The van der Waals surface area contributed by atoms with Crippen LogP contribution in [0.2, 0.25) is 0 Å². The molecule has 0 radical (unpaired) electrons. The highest BCUT2D eigenvalue weighted by Crippen LogP contribution is 2.20. The maximum absolute atomic E-state index is 13.3. The van der Waals surface area contributed by atoms with Crippen LogP contribution in [0.25, 0.3) is 0 Å². The molecule has 6 heteroatoms. The van der Waals surface area contributed by atoms with Gasteiger partial charge < -0.3 is 15.2 Å². The topological polar surface area (TPSA) is 64.8 Å². The van der Waals surface area contributed by atoms with Crippen molar-refractivity contribution in [3.05, 3.63) is 35.6 Å². The van der Waals surface area contributed by atoms with Gasteiger partial charge in [-0.15, -0.1) is 0 Å². The smallest absolute Gasteiger partial charge is 0.239 e. The Labute approximate surface area is 130 Å². The van der Waals surface area contributed by atoms with Crippen LogP contribution in [0.15, 0.2) is 24.3 Å². The van der Waals surface area contributed by atoms with Gasteiger partial charge in [-0.3, -0.25) is 9.69 Å². The molecular weight excluding hydrogens is 287 g/mol. The molecule has 22 heavy (non-hydrogen) atoms. The number of carbonyl (C=O) groups is 1. The van der Waals surface area contributed by atoms with Crippen LogP contribution < -0.4 is 5.73 Å². The predicted molar refractivity (Wildman–Crippen MR) is 80.8 cm³/mol. The van der Waals surface area contributed by atoms with Crippen LogP contribution in [0.3, 0.4) is 0 Å². The van der Waals surface area contributed by atoms with Crippen LogP contribution in [-0.2, 0) is 14.3 Å². The summed E-state index contributed by atoms with van der Waals surface area (Å²) in [6.07, 6.45) is 2.29. The molecular formula is C16H23FN2O3. The summed E-state index contributed by atoms with van der Waals surface area (Å²) in [4.78, 5) is 13.5.